The van der Waals surface area contributed by atoms with Crippen LogP contribution in [0.5, 0.6) is 0 Å². The maximum absolute atomic E-state index is 11.5. The van der Waals surface area contributed by atoms with Crippen molar-refractivity contribution in [1.82, 2.24) is 9.88 Å². The van der Waals surface area contributed by atoms with Crippen molar-refractivity contribution in [3.05, 3.63) is 23.3 Å². The molecule has 0 bridgehead atoms. The van der Waals surface area contributed by atoms with Gasteiger partial charge in [0.15, 0.2) is 5.13 Å². The number of amides is 1. The number of nitrogens with zero attached hydrogens (tertiary/aromatic N) is 3. The molecule has 6 heteroatoms. The van der Waals surface area contributed by atoms with E-state index in [2.05, 4.69) is 20.9 Å². The van der Waals surface area contributed by atoms with Crippen molar-refractivity contribution in [2.24, 2.45) is 5.73 Å². The number of thiazole rings is 1. The minimum absolute atomic E-state index is 0.439. The molecule has 0 saturated carbocycles. The lowest BCUT2D eigenvalue weighted by molar-refractivity contribution is 0.100. The van der Waals surface area contributed by atoms with Crippen molar-refractivity contribution in [2.75, 3.05) is 39.1 Å². The lowest BCUT2D eigenvalue weighted by atomic mass is 10.1. The highest BCUT2D eigenvalue weighted by Gasteiger charge is 2.16. The summed E-state index contributed by atoms with van der Waals surface area (Å²) in [5.74, 6) is -0.459. The number of carbonyl (C=O) groups excluding carboxylic acids is 1. The molecule has 5 nitrogen and oxygen atoms in total. The Kier molecular flexibility index (Phi) is 4.25. The van der Waals surface area contributed by atoms with Gasteiger partial charge in [-0.3, -0.25) is 4.79 Å². The van der Waals surface area contributed by atoms with Crippen LogP contribution in [0, 0.1) is 13.0 Å². The first-order valence-electron chi connectivity index (χ1n) is 6.37. The number of fused-ring (bicyclic) bond motifs is 1. The predicted octanol–water partition coefficient (Wildman–Crippen LogP) is 1.50. The minimum Gasteiger partial charge on any atom is -0.366 e. The fourth-order valence-electron chi connectivity index (χ4n) is 1.86. The average Bonchev–Trinajstić information content (AvgIpc) is 2.81. The molecule has 2 aromatic rings. The van der Waals surface area contributed by atoms with E-state index < -0.39 is 5.91 Å². The summed E-state index contributed by atoms with van der Waals surface area (Å²) in [5.41, 5.74) is 7.52. The highest BCUT2D eigenvalue weighted by atomic mass is 32.1. The van der Waals surface area contributed by atoms with Crippen LogP contribution in [0.3, 0.4) is 0 Å². The van der Waals surface area contributed by atoms with E-state index >= 15 is 0 Å². The molecule has 0 saturated heterocycles. The van der Waals surface area contributed by atoms with Crippen LogP contribution in [0.25, 0.3) is 10.2 Å². The molecule has 1 amide bonds. The van der Waals surface area contributed by atoms with Crippen LogP contribution in [-0.2, 0) is 0 Å². The quantitative estimate of drug-likeness (QED) is 0.907. The normalized spacial score (nSPS) is 11.2. The van der Waals surface area contributed by atoms with Gasteiger partial charge >= 0.3 is 0 Å². The van der Waals surface area contributed by atoms with Gasteiger partial charge in [0.05, 0.1) is 15.8 Å². The topological polar surface area (TPSA) is 62.5 Å². The average molecular weight is 291 g/mol. The lowest BCUT2D eigenvalue weighted by Crippen LogP contribution is -2.28. The van der Waals surface area contributed by atoms with Crippen LogP contribution in [0.4, 0.5) is 5.13 Å². The molecule has 1 radical (unpaired) electrons. The number of nitrogens with two attached hydrogens (primary N) is 1. The SMILES string of the molecule is Cc1[c]cc(C(N)=O)c2nc(N(C)CCN(C)C)sc12. The largest absolute Gasteiger partial charge is 0.366 e. The number of primary amides is 1. The second kappa shape index (κ2) is 5.76. The van der Waals surface area contributed by atoms with E-state index in [4.69, 9.17) is 5.73 Å². The highest BCUT2D eigenvalue weighted by Crippen LogP contribution is 2.32. The Bertz CT molecular complexity index is 635. The molecular formula is C14H19N4OS. The Morgan fingerprint density at radius 1 is 1.40 bits per heavy atom. The zero-order valence-corrected chi connectivity index (χ0v) is 13.0. The zero-order valence-electron chi connectivity index (χ0n) is 12.2. The van der Waals surface area contributed by atoms with Crippen LogP contribution < -0.4 is 10.6 Å². The third-order valence-corrected chi connectivity index (χ3v) is 4.41. The van der Waals surface area contributed by atoms with E-state index in [0.29, 0.717) is 11.1 Å². The second-order valence-corrected chi connectivity index (χ2v) is 6.07. The van der Waals surface area contributed by atoms with Gasteiger partial charge in [-0.1, -0.05) is 11.3 Å². The van der Waals surface area contributed by atoms with Crippen molar-refractivity contribution < 1.29 is 4.79 Å². The van der Waals surface area contributed by atoms with Crippen LogP contribution in [0.2, 0.25) is 0 Å². The molecule has 1 heterocycles. The Labute approximate surface area is 123 Å². The Hall–Kier alpha value is -1.66. The molecule has 0 aliphatic carbocycles. The van der Waals surface area contributed by atoms with Gasteiger partial charge < -0.3 is 15.5 Å². The number of aryl methyl sites for hydroxylation is 1. The van der Waals surface area contributed by atoms with E-state index in [9.17, 15) is 4.79 Å². The first-order valence-corrected chi connectivity index (χ1v) is 7.19. The van der Waals surface area contributed by atoms with E-state index in [1.807, 2.05) is 28.1 Å². The summed E-state index contributed by atoms with van der Waals surface area (Å²) in [5, 5.41) is 0.895. The lowest BCUT2D eigenvalue weighted by Gasteiger charge is -2.18. The molecule has 1 aromatic carbocycles. The summed E-state index contributed by atoms with van der Waals surface area (Å²) in [7, 11) is 6.08. The van der Waals surface area contributed by atoms with Crippen LogP contribution in [-0.4, -0.2) is 50.0 Å². The fourth-order valence-corrected chi connectivity index (χ4v) is 2.89. The summed E-state index contributed by atoms with van der Waals surface area (Å²) in [4.78, 5) is 20.3. The number of carbonyl (C=O) groups is 1. The van der Waals surface area contributed by atoms with Crippen LogP contribution in [0.15, 0.2) is 6.07 Å². The van der Waals surface area contributed by atoms with Crippen molar-refractivity contribution in [3.63, 3.8) is 0 Å². The molecule has 0 unspecified atom stereocenters. The Morgan fingerprint density at radius 2 is 2.10 bits per heavy atom. The van der Waals surface area contributed by atoms with Crippen LogP contribution in [0.1, 0.15) is 15.9 Å². The van der Waals surface area contributed by atoms with Crippen molar-refractivity contribution in [3.8, 4) is 0 Å². The van der Waals surface area contributed by atoms with Crippen LogP contribution >= 0.6 is 11.3 Å². The van der Waals surface area contributed by atoms with Gasteiger partial charge in [0.25, 0.3) is 5.91 Å². The smallest absolute Gasteiger partial charge is 0.250 e. The standard InChI is InChI=1S/C14H19N4OS/c1-9-5-6-10(13(15)19)11-12(9)20-14(16-11)18(4)8-7-17(2)3/h6H,7-8H2,1-4H3,(H2,15,19). The molecule has 107 valence electrons. The Balaban J connectivity index is 2.40. The summed E-state index contributed by atoms with van der Waals surface area (Å²) in [6.07, 6.45) is 0. The van der Waals surface area contributed by atoms with Gasteiger partial charge in [0.2, 0.25) is 0 Å². The molecule has 2 rings (SSSR count). The third kappa shape index (κ3) is 2.91. The first kappa shape index (κ1) is 14.7. The summed E-state index contributed by atoms with van der Waals surface area (Å²) < 4.78 is 0.980. The van der Waals surface area contributed by atoms with E-state index in [1.165, 1.54) is 0 Å². The molecule has 0 atom stereocenters. The van der Waals surface area contributed by atoms with Crippen molar-refractivity contribution >= 4 is 32.6 Å². The highest BCUT2D eigenvalue weighted by molar-refractivity contribution is 7.22. The second-order valence-electron chi connectivity index (χ2n) is 5.09. The maximum Gasteiger partial charge on any atom is 0.250 e. The van der Waals surface area contributed by atoms with E-state index in [0.717, 1.165) is 28.5 Å². The summed E-state index contributed by atoms with van der Waals surface area (Å²) >= 11 is 1.57. The Morgan fingerprint density at radius 3 is 2.70 bits per heavy atom. The fraction of sp³-hybridized carbons (Fsp3) is 0.429. The van der Waals surface area contributed by atoms with Gasteiger partial charge in [-0.15, -0.1) is 0 Å². The summed E-state index contributed by atoms with van der Waals surface area (Å²) in [6, 6.07) is 4.70. The number of benzene rings is 1. The molecule has 0 spiro atoms. The molecule has 0 aliphatic heterocycles. The van der Waals surface area contributed by atoms with Gasteiger partial charge in [0, 0.05) is 20.1 Å². The molecule has 2 N–H and O–H groups in total. The zero-order chi connectivity index (χ0) is 14.9. The van der Waals surface area contributed by atoms with E-state index in [-0.39, 0.29) is 0 Å². The number of aromatic nitrogens is 1. The molecular weight excluding hydrogens is 272 g/mol. The predicted molar refractivity (Wildman–Crippen MR) is 83.5 cm³/mol. The molecule has 1 aromatic heterocycles. The molecule has 20 heavy (non-hydrogen) atoms. The minimum atomic E-state index is -0.459. The van der Waals surface area contributed by atoms with Crippen molar-refractivity contribution in [2.45, 2.75) is 6.92 Å². The number of likely N-dealkylation sites (N-methyl/N-ethyl adjacent to an activating group) is 2. The summed E-state index contributed by atoms with van der Waals surface area (Å²) in [6.45, 7) is 3.79. The molecule has 0 aliphatic rings. The monoisotopic (exact) mass is 291 g/mol. The van der Waals surface area contributed by atoms with Crippen molar-refractivity contribution in [1.29, 1.82) is 0 Å². The van der Waals surface area contributed by atoms with Gasteiger partial charge in [-0.25, -0.2) is 4.98 Å². The maximum atomic E-state index is 11.5. The van der Waals surface area contributed by atoms with E-state index in [1.54, 1.807) is 17.4 Å². The number of hydrogen-bond acceptors (Lipinski definition) is 5. The first-order chi connectivity index (χ1) is 9.40. The number of hydrogen-bond donors (Lipinski definition) is 1. The molecule has 0 fully saturated rings. The number of anilines is 1. The van der Waals surface area contributed by atoms with Gasteiger partial charge in [-0.2, -0.15) is 0 Å². The van der Waals surface area contributed by atoms with Gasteiger partial charge in [-0.05, 0) is 38.7 Å². The van der Waals surface area contributed by atoms with Gasteiger partial charge in [0.1, 0.15) is 0 Å². The third-order valence-electron chi connectivity index (χ3n) is 3.12. The number of rotatable bonds is 5.